The van der Waals surface area contributed by atoms with Gasteiger partial charge in [0.25, 0.3) is 0 Å². The molecule has 2 aromatic heterocycles. The highest BCUT2D eigenvalue weighted by Crippen LogP contribution is 2.57. The van der Waals surface area contributed by atoms with Crippen LogP contribution in [0.4, 0.5) is 10.2 Å². The molecule has 4 rings (SSSR count). The second kappa shape index (κ2) is 10.1. The number of carbonyl (C=O) groups is 1. The van der Waals surface area contributed by atoms with E-state index >= 15 is 0 Å². The van der Waals surface area contributed by atoms with Crippen LogP contribution in [0.15, 0.2) is 48.8 Å². The fraction of sp³-hybridized carbons (Fsp3) is 0.360. The largest absolute Gasteiger partial charge is 0.497 e. The molecule has 1 N–H and O–H groups in total. The number of pyridine rings is 1. The molecule has 0 bridgehead atoms. The lowest BCUT2D eigenvalue weighted by molar-refractivity contribution is -0.117. The van der Waals surface area contributed by atoms with E-state index in [0.29, 0.717) is 53.8 Å². The van der Waals surface area contributed by atoms with E-state index in [1.54, 1.807) is 50.7 Å². The van der Waals surface area contributed by atoms with E-state index in [0.717, 1.165) is 0 Å². The molecule has 0 aliphatic heterocycles. The number of methoxy groups -OCH3 is 2. The summed E-state index contributed by atoms with van der Waals surface area (Å²) >= 11 is 0. The van der Waals surface area contributed by atoms with Crippen molar-refractivity contribution in [3.63, 3.8) is 0 Å². The van der Waals surface area contributed by atoms with Crippen LogP contribution in [0.1, 0.15) is 29.9 Å². The second-order valence-electron chi connectivity index (χ2n) is 8.26. The monoisotopic (exact) mass is 466 g/mol. The minimum Gasteiger partial charge on any atom is -0.497 e. The number of benzene rings is 1. The smallest absolute Gasteiger partial charge is 0.229 e. The van der Waals surface area contributed by atoms with E-state index in [1.165, 1.54) is 19.2 Å². The van der Waals surface area contributed by atoms with Gasteiger partial charge in [0, 0.05) is 30.7 Å². The first-order chi connectivity index (χ1) is 16.4. The van der Waals surface area contributed by atoms with Gasteiger partial charge >= 0.3 is 0 Å². The third-order valence-electron chi connectivity index (χ3n) is 6.03. The summed E-state index contributed by atoms with van der Waals surface area (Å²) in [4.78, 5) is 25.8. The summed E-state index contributed by atoms with van der Waals surface area (Å²) in [6.07, 6.45) is 4.27. The van der Waals surface area contributed by atoms with Gasteiger partial charge in [-0.15, -0.1) is 0 Å². The highest BCUT2D eigenvalue weighted by Gasteiger charge is 2.59. The van der Waals surface area contributed by atoms with E-state index < -0.39 is 11.2 Å². The fourth-order valence-electron chi connectivity index (χ4n) is 4.22. The summed E-state index contributed by atoms with van der Waals surface area (Å²) in [5, 5.41) is 2.86. The van der Waals surface area contributed by atoms with Crippen molar-refractivity contribution in [2.24, 2.45) is 5.92 Å². The maximum atomic E-state index is 14.4. The number of anilines is 1. The molecular formula is C25H27FN4O4. The van der Waals surface area contributed by atoms with Crippen LogP contribution in [0, 0.1) is 18.7 Å². The number of nitrogens with one attached hydrogen (secondary N) is 1. The number of aromatic nitrogens is 3. The first-order valence-electron chi connectivity index (χ1n) is 11.0. The summed E-state index contributed by atoms with van der Waals surface area (Å²) < 4.78 is 30.8. The summed E-state index contributed by atoms with van der Waals surface area (Å²) in [7, 11) is 3.07. The molecule has 0 radical (unpaired) electrons. The zero-order chi connectivity index (χ0) is 24.1. The van der Waals surface area contributed by atoms with Gasteiger partial charge in [-0.1, -0.05) is 6.07 Å². The van der Waals surface area contributed by atoms with Crippen LogP contribution in [-0.4, -0.2) is 41.7 Å². The number of nitrogens with zero attached hydrogens (tertiary/aromatic N) is 3. The highest BCUT2D eigenvalue weighted by molar-refractivity contribution is 5.95. The Hall–Kier alpha value is -3.59. The van der Waals surface area contributed by atoms with Crippen LogP contribution >= 0.6 is 0 Å². The standard InChI is InChI=1S/C25H27FN4O4/c1-16-28-14-22(21(29-16)15-32-2)34-9-7-25(17-10-18(26)12-19(11-17)33-3)13-20(25)24(31)30-23-6-4-5-8-27-23/h4-6,8,10-12,14,20H,7,9,13,15H2,1-3H3,(H,27,30,31)/t20-,25-/m0/s1. The van der Waals surface area contributed by atoms with Gasteiger partial charge in [0.1, 0.15) is 28.9 Å². The SMILES string of the molecule is COCc1nc(C)ncc1OCC[C@@]1(c2cc(F)cc(OC)c2)C[C@H]1C(=O)Nc1ccccn1. The first kappa shape index (κ1) is 23.6. The number of ether oxygens (including phenoxy) is 3. The quantitative estimate of drug-likeness (QED) is 0.485. The van der Waals surface area contributed by atoms with Crippen LogP contribution < -0.4 is 14.8 Å². The Kier molecular flexibility index (Phi) is 7.02. The Morgan fingerprint density at radius 2 is 2.09 bits per heavy atom. The molecule has 2 atom stereocenters. The number of halogens is 1. The topological polar surface area (TPSA) is 95.5 Å². The summed E-state index contributed by atoms with van der Waals surface area (Å²) in [6.45, 7) is 2.37. The van der Waals surface area contributed by atoms with Gasteiger partial charge in [0.15, 0.2) is 5.75 Å². The maximum Gasteiger partial charge on any atom is 0.229 e. The van der Waals surface area contributed by atoms with Crippen molar-refractivity contribution in [3.05, 3.63) is 71.7 Å². The Morgan fingerprint density at radius 1 is 1.24 bits per heavy atom. The molecule has 34 heavy (non-hydrogen) atoms. The predicted octanol–water partition coefficient (Wildman–Crippen LogP) is 3.84. The third kappa shape index (κ3) is 5.14. The van der Waals surface area contributed by atoms with E-state index in [9.17, 15) is 9.18 Å². The van der Waals surface area contributed by atoms with E-state index in [4.69, 9.17) is 14.2 Å². The molecular weight excluding hydrogens is 439 g/mol. The van der Waals surface area contributed by atoms with Gasteiger partial charge in [-0.25, -0.2) is 19.3 Å². The minimum absolute atomic E-state index is 0.166. The van der Waals surface area contributed by atoms with Crippen LogP contribution in [0.25, 0.3) is 0 Å². The maximum absolute atomic E-state index is 14.4. The van der Waals surface area contributed by atoms with Gasteiger partial charge in [-0.2, -0.15) is 0 Å². The fourth-order valence-corrected chi connectivity index (χ4v) is 4.22. The number of aryl methyl sites for hydroxylation is 1. The molecule has 1 fully saturated rings. The third-order valence-corrected chi connectivity index (χ3v) is 6.03. The van der Waals surface area contributed by atoms with Crippen molar-refractivity contribution in [2.45, 2.75) is 31.8 Å². The molecule has 0 unspecified atom stereocenters. The second-order valence-corrected chi connectivity index (χ2v) is 8.26. The van der Waals surface area contributed by atoms with E-state index in [2.05, 4.69) is 20.3 Å². The van der Waals surface area contributed by atoms with Crippen molar-refractivity contribution in [1.29, 1.82) is 0 Å². The number of amides is 1. The molecule has 1 aliphatic carbocycles. The Labute approximate surface area is 197 Å². The molecule has 1 aliphatic rings. The van der Waals surface area contributed by atoms with E-state index in [-0.39, 0.29) is 18.4 Å². The molecule has 1 aromatic carbocycles. The van der Waals surface area contributed by atoms with Crippen LogP contribution in [-0.2, 0) is 21.6 Å². The van der Waals surface area contributed by atoms with Gasteiger partial charge in [0.05, 0.1) is 26.5 Å². The van der Waals surface area contributed by atoms with Crippen LogP contribution in [0.3, 0.4) is 0 Å². The van der Waals surface area contributed by atoms with Gasteiger partial charge in [-0.05, 0) is 49.6 Å². The lowest BCUT2D eigenvalue weighted by Crippen LogP contribution is -2.23. The van der Waals surface area contributed by atoms with Crippen molar-refractivity contribution < 1.29 is 23.4 Å². The van der Waals surface area contributed by atoms with Crippen molar-refractivity contribution in [1.82, 2.24) is 15.0 Å². The molecule has 1 amide bonds. The molecule has 2 heterocycles. The van der Waals surface area contributed by atoms with Gasteiger partial charge in [-0.3, -0.25) is 4.79 Å². The normalized spacial score (nSPS) is 18.9. The van der Waals surface area contributed by atoms with Crippen molar-refractivity contribution >= 4 is 11.7 Å². The van der Waals surface area contributed by atoms with E-state index in [1.807, 2.05) is 0 Å². The van der Waals surface area contributed by atoms with Crippen molar-refractivity contribution in [3.8, 4) is 11.5 Å². The molecule has 8 nitrogen and oxygen atoms in total. The zero-order valence-electron chi connectivity index (χ0n) is 19.4. The minimum atomic E-state index is -0.596. The lowest BCUT2D eigenvalue weighted by atomic mass is 9.89. The van der Waals surface area contributed by atoms with Crippen LogP contribution in [0.5, 0.6) is 11.5 Å². The number of hydrogen-bond acceptors (Lipinski definition) is 7. The zero-order valence-corrected chi connectivity index (χ0v) is 19.4. The average Bonchev–Trinajstić information content (AvgIpc) is 3.57. The summed E-state index contributed by atoms with van der Waals surface area (Å²) in [5.41, 5.74) is 0.754. The summed E-state index contributed by atoms with van der Waals surface area (Å²) in [6, 6.07) is 9.87. The predicted molar refractivity (Wildman–Crippen MR) is 123 cm³/mol. The molecule has 3 aromatic rings. The van der Waals surface area contributed by atoms with Crippen molar-refractivity contribution in [2.75, 3.05) is 26.1 Å². The Balaban J connectivity index is 1.55. The lowest BCUT2D eigenvalue weighted by Gasteiger charge is -2.20. The number of hydrogen-bond donors (Lipinski definition) is 1. The first-order valence-corrected chi connectivity index (χ1v) is 11.0. The number of rotatable bonds is 10. The number of carbonyl (C=O) groups excluding carboxylic acids is 1. The van der Waals surface area contributed by atoms with Gasteiger partial charge < -0.3 is 19.5 Å². The highest BCUT2D eigenvalue weighted by atomic mass is 19.1. The molecule has 1 saturated carbocycles. The molecule has 0 saturated heterocycles. The average molecular weight is 467 g/mol. The molecule has 9 heteroatoms. The summed E-state index contributed by atoms with van der Waals surface area (Å²) in [5.74, 6) is 1.08. The molecule has 0 spiro atoms. The van der Waals surface area contributed by atoms with Crippen LogP contribution in [0.2, 0.25) is 0 Å². The Morgan fingerprint density at radius 3 is 2.82 bits per heavy atom. The molecule has 178 valence electrons. The Bertz CT molecular complexity index is 1160. The van der Waals surface area contributed by atoms with Gasteiger partial charge in [0.2, 0.25) is 5.91 Å².